The zero-order valence-electron chi connectivity index (χ0n) is 12.6. The third-order valence-electron chi connectivity index (χ3n) is 3.32. The van der Waals surface area contributed by atoms with Crippen molar-refractivity contribution in [2.45, 2.75) is 13.8 Å². The van der Waals surface area contributed by atoms with Gasteiger partial charge in [-0.1, -0.05) is 23.4 Å². The number of anilines is 1. The topological polar surface area (TPSA) is 90.0 Å². The van der Waals surface area contributed by atoms with E-state index in [9.17, 15) is 9.59 Å². The van der Waals surface area contributed by atoms with E-state index in [0.717, 1.165) is 5.69 Å². The normalized spacial score (nSPS) is 10.5. The molecular formula is C16H14N4O3. The number of nitrogens with zero attached hydrogens (tertiary/aromatic N) is 3. The Labute approximate surface area is 131 Å². The van der Waals surface area contributed by atoms with Gasteiger partial charge >= 0.3 is 0 Å². The Morgan fingerprint density at radius 2 is 1.96 bits per heavy atom. The van der Waals surface area contributed by atoms with Crippen LogP contribution in [0.3, 0.4) is 0 Å². The summed E-state index contributed by atoms with van der Waals surface area (Å²) in [6.07, 6.45) is 1.30. The summed E-state index contributed by atoms with van der Waals surface area (Å²) in [5, 5.41) is 10.4. The van der Waals surface area contributed by atoms with Crippen LogP contribution in [0.1, 0.15) is 21.9 Å². The zero-order valence-corrected chi connectivity index (χ0v) is 12.6. The first-order valence-electron chi connectivity index (χ1n) is 6.95. The predicted octanol–water partition coefficient (Wildman–Crippen LogP) is 2.09. The lowest BCUT2D eigenvalue weighted by Gasteiger charge is -2.10. The highest BCUT2D eigenvalue weighted by Crippen LogP contribution is 2.13. The van der Waals surface area contributed by atoms with E-state index >= 15 is 0 Å². The fraction of sp³-hybridized carbons (Fsp3) is 0.125. The molecule has 0 bridgehead atoms. The van der Waals surface area contributed by atoms with Crippen molar-refractivity contribution in [2.24, 2.45) is 0 Å². The minimum atomic E-state index is -0.606. The molecule has 0 saturated heterocycles. The van der Waals surface area contributed by atoms with Crippen molar-refractivity contribution >= 4 is 11.6 Å². The standard InChI is InChI=1S/C16H14N4O3/c1-10-8-14(21)15(16(22)17-13-9-23-19-11(13)2)18-20(10)12-6-4-3-5-7-12/h3-9H,1-2H3,(H,17,22). The van der Waals surface area contributed by atoms with Crippen molar-refractivity contribution in [1.29, 1.82) is 0 Å². The predicted molar refractivity (Wildman–Crippen MR) is 83.8 cm³/mol. The van der Waals surface area contributed by atoms with Crippen molar-refractivity contribution in [2.75, 3.05) is 5.32 Å². The van der Waals surface area contributed by atoms with Crippen molar-refractivity contribution < 1.29 is 9.32 Å². The Kier molecular flexibility index (Phi) is 3.76. The molecule has 3 rings (SSSR count). The molecule has 7 nitrogen and oxygen atoms in total. The third-order valence-corrected chi connectivity index (χ3v) is 3.32. The number of benzene rings is 1. The summed E-state index contributed by atoms with van der Waals surface area (Å²) in [5.41, 5.74) is 1.69. The van der Waals surface area contributed by atoms with Crippen molar-refractivity contribution in [3.63, 3.8) is 0 Å². The maximum Gasteiger partial charge on any atom is 0.280 e. The number of rotatable bonds is 3. The van der Waals surface area contributed by atoms with E-state index in [0.29, 0.717) is 17.1 Å². The van der Waals surface area contributed by atoms with Gasteiger partial charge in [0.1, 0.15) is 17.6 Å². The number of amides is 1. The quantitative estimate of drug-likeness (QED) is 0.800. The van der Waals surface area contributed by atoms with Crippen LogP contribution >= 0.6 is 0 Å². The molecule has 0 atom stereocenters. The highest BCUT2D eigenvalue weighted by atomic mass is 16.5. The van der Waals surface area contributed by atoms with Gasteiger partial charge in [-0.3, -0.25) is 9.59 Å². The van der Waals surface area contributed by atoms with Gasteiger partial charge in [-0.05, 0) is 26.0 Å². The van der Waals surface area contributed by atoms with E-state index in [-0.39, 0.29) is 5.69 Å². The van der Waals surface area contributed by atoms with Gasteiger partial charge in [0.05, 0.1) is 5.69 Å². The van der Waals surface area contributed by atoms with Gasteiger partial charge in [-0.15, -0.1) is 0 Å². The van der Waals surface area contributed by atoms with Crippen LogP contribution in [-0.2, 0) is 0 Å². The Hall–Kier alpha value is -3.22. The molecule has 3 aromatic rings. The van der Waals surface area contributed by atoms with Crippen LogP contribution in [0.15, 0.2) is 52.0 Å². The zero-order chi connectivity index (χ0) is 16.4. The summed E-state index contributed by atoms with van der Waals surface area (Å²) in [7, 11) is 0. The van der Waals surface area contributed by atoms with E-state index in [1.807, 2.05) is 30.3 Å². The van der Waals surface area contributed by atoms with E-state index in [2.05, 4.69) is 15.6 Å². The van der Waals surface area contributed by atoms with E-state index < -0.39 is 11.3 Å². The number of aromatic nitrogens is 3. The van der Waals surface area contributed by atoms with Crippen molar-refractivity contribution in [3.8, 4) is 5.69 Å². The number of nitrogens with one attached hydrogen (secondary N) is 1. The molecule has 0 aliphatic rings. The Morgan fingerprint density at radius 1 is 1.22 bits per heavy atom. The second-order valence-electron chi connectivity index (χ2n) is 5.01. The summed E-state index contributed by atoms with van der Waals surface area (Å²) in [6, 6.07) is 10.7. The molecule has 1 amide bonds. The molecular weight excluding hydrogens is 296 g/mol. The van der Waals surface area contributed by atoms with Crippen LogP contribution in [0.2, 0.25) is 0 Å². The van der Waals surface area contributed by atoms with Gasteiger partial charge in [0.2, 0.25) is 5.43 Å². The van der Waals surface area contributed by atoms with E-state index in [4.69, 9.17) is 4.52 Å². The van der Waals surface area contributed by atoms with Crippen LogP contribution in [0.25, 0.3) is 5.69 Å². The first kappa shape index (κ1) is 14.7. The molecule has 1 aromatic carbocycles. The molecule has 0 radical (unpaired) electrons. The molecule has 0 unspecified atom stereocenters. The second-order valence-corrected chi connectivity index (χ2v) is 5.01. The Balaban J connectivity index is 2.01. The lowest BCUT2D eigenvalue weighted by molar-refractivity contribution is 0.101. The van der Waals surface area contributed by atoms with Gasteiger partial charge in [-0.25, -0.2) is 4.68 Å². The first-order chi connectivity index (χ1) is 11.1. The molecule has 1 N–H and O–H groups in total. The van der Waals surface area contributed by atoms with Crippen LogP contribution < -0.4 is 10.7 Å². The van der Waals surface area contributed by atoms with Crippen LogP contribution in [-0.4, -0.2) is 20.8 Å². The monoisotopic (exact) mass is 310 g/mol. The first-order valence-corrected chi connectivity index (χ1v) is 6.95. The average Bonchev–Trinajstić information content (AvgIpc) is 2.93. The molecule has 23 heavy (non-hydrogen) atoms. The maximum absolute atomic E-state index is 12.3. The SMILES string of the molecule is Cc1nocc1NC(=O)c1nn(-c2ccccc2)c(C)cc1=O. The Morgan fingerprint density at radius 3 is 2.61 bits per heavy atom. The molecule has 2 heterocycles. The van der Waals surface area contributed by atoms with Gasteiger partial charge in [-0.2, -0.15) is 5.10 Å². The molecule has 116 valence electrons. The number of hydrogen-bond donors (Lipinski definition) is 1. The third kappa shape index (κ3) is 2.89. The fourth-order valence-corrected chi connectivity index (χ4v) is 2.13. The van der Waals surface area contributed by atoms with Gasteiger partial charge < -0.3 is 9.84 Å². The highest BCUT2D eigenvalue weighted by molar-refractivity contribution is 6.02. The highest BCUT2D eigenvalue weighted by Gasteiger charge is 2.17. The maximum atomic E-state index is 12.3. The summed E-state index contributed by atoms with van der Waals surface area (Å²) in [4.78, 5) is 24.4. The van der Waals surface area contributed by atoms with Crippen molar-refractivity contribution in [1.82, 2.24) is 14.9 Å². The summed E-state index contributed by atoms with van der Waals surface area (Å²) >= 11 is 0. The molecule has 0 spiro atoms. The number of para-hydroxylation sites is 1. The van der Waals surface area contributed by atoms with Gasteiger partial charge in [0.25, 0.3) is 5.91 Å². The molecule has 2 aromatic heterocycles. The lowest BCUT2D eigenvalue weighted by Crippen LogP contribution is -2.27. The average molecular weight is 310 g/mol. The van der Waals surface area contributed by atoms with Crippen LogP contribution in [0, 0.1) is 13.8 Å². The van der Waals surface area contributed by atoms with Gasteiger partial charge in [0, 0.05) is 11.8 Å². The number of aryl methyl sites for hydroxylation is 2. The summed E-state index contributed by atoms with van der Waals surface area (Å²) < 4.78 is 6.31. The fourth-order valence-electron chi connectivity index (χ4n) is 2.13. The van der Waals surface area contributed by atoms with Crippen molar-refractivity contribution in [3.05, 3.63) is 70.0 Å². The summed E-state index contributed by atoms with van der Waals surface area (Å²) in [6.45, 7) is 3.44. The molecule has 0 fully saturated rings. The second kappa shape index (κ2) is 5.88. The molecule has 0 saturated carbocycles. The smallest absolute Gasteiger partial charge is 0.280 e. The minimum absolute atomic E-state index is 0.194. The molecule has 7 heteroatoms. The summed E-state index contributed by atoms with van der Waals surface area (Å²) in [5.74, 6) is -0.606. The number of hydrogen-bond acceptors (Lipinski definition) is 5. The number of carbonyl (C=O) groups excluding carboxylic acids is 1. The van der Waals surface area contributed by atoms with E-state index in [1.54, 1.807) is 18.5 Å². The molecule has 0 aliphatic heterocycles. The van der Waals surface area contributed by atoms with Gasteiger partial charge in [0.15, 0.2) is 5.69 Å². The van der Waals surface area contributed by atoms with Crippen LogP contribution in [0.5, 0.6) is 0 Å². The van der Waals surface area contributed by atoms with Crippen LogP contribution in [0.4, 0.5) is 5.69 Å². The minimum Gasteiger partial charge on any atom is -0.362 e. The number of carbonyl (C=O) groups is 1. The van der Waals surface area contributed by atoms with E-state index in [1.165, 1.54) is 12.3 Å². The Bertz CT molecular complexity index is 913. The molecule has 0 aliphatic carbocycles. The largest absolute Gasteiger partial charge is 0.362 e. The lowest BCUT2D eigenvalue weighted by atomic mass is 10.2.